The van der Waals surface area contributed by atoms with E-state index >= 15 is 0 Å². The predicted molar refractivity (Wildman–Crippen MR) is 80.8 cm³/mol. The van der Waals surface area contributed by atoms with E-state index in [4.69, 9.17) is 0 Å². The molecule has 21 heavy (non-hydrogen) atoms. The molecule has 1 aliphatic heterocycles. The molecule has 5 nitrogen and oxygen atoms in total. The standard InChI is InChI=1S/C16H20N2O3/c19-12-13-3-4-14(15(11-13)18(20)21)17-9-7-16(8-10-17)5-1-2-6-16/h3-4,11-12H,1-2,5-10H2. The van der Waals surface area contributed by atoms with Crippen LogP contribution in [0.15, 0.2) is 18.2 Å². The first-order valence-corrected chi connectivity index (χ1v) is 7.62. The van der Waals surface area contributed by atoms with Gasteiger partial charge in [0.2, 0.25) is 0 Å². The third kappa shape index (κ3) is 2.64. The van der Waals surface area contributed by atoms with E-state index in [2.05, 4.69) is 4.90 Å². The van der Waals surface area contributed by atoms with Crippen molar-refractivity contribution in [3.8, 4) is 0 Å². The Morgan fingerprint density at radius 1 is 1.14 bits per heavy atom. The van der Waals surface area contributed by atoms with Gasteiger partial charge in [-0.25, -0.2) is 0 Å². The van der Waals surface area contributed by atoms with E-state index < -0.39 is 0 Å². The molecule has 0 aromatic heterocycles. The van der Waals surface area contributed by atoms with Gasteiger partial charge in [-0.2, -0.15) is 0 Å². The molecule has 0 radical (unpaired) electrons. The number of hydrogen-bond donors (Lipinski definition) is 0. The van der Waals surface area contributed by atoms with E-state index in [1.807, 2.05) is 0 Å². The lowest BCUT2D eigenvalue weighted by molar-refractivity contribution is -0.384. The zero-order valence-electron chi connectivity index (χ0n) is 12.1. The van der Waals surface area contributed by atoms with Crippen LogP contribution >= 0.6 is 0 Å². The third-order valence-electron chi connectivity index (χ3n) is 5.16. The van der Waals surface area contributed by atoms with Crippen LogP contribution in [0.4, 0.5) is 11.4 Å². The molecule has 1 aromatic carbocycles. The molecule has 0 unspecified atom stereocenters. The Hall–Kier alpha value is -1.91. The smallest absolute Gasteiger partial charge is 0.293 e. The quantitative estimate of drug-likeness (QED) is 0.484. The van der Waals surface area contributed by atoms with Crippen LogP contribution in [0, 0.1) is 15.5 Å². The largest absolute Gasteiger partial charge is 0.366 e. The molecule has 0 atom stereocenters. The number of nitro benzene ring substituents is 1. The maximum absolute atomic E-state index is 11.2. The van der Waals surface area contributed by atoms with Crippen molar-refractivity contribution in [2.45, 2.75) is 38.5 Å². The molecular weight excluding hydrogens is 268 g/mol. The van der Waals surface area contributed by atoms with Gasteiger partial charge in [-0.05, 0) is 43.2 Å². The van der Waals surface area contributed by atoms with E-state index in [0.29, 0.717) is 23.0 Å². The van der Waals surface area contributed by atoms with Crippen molar-refractivity contribution in [3.63, 3.8) is 0 Å². The van der Waals surface area contributed by atoms with Gasteiger partial charge in [0, 0.05) is 24.7 Å². The number of hydrogen-bond acceptors (Lipinski definition) is 4. The van der Waals surface area contributed by atoms with Gasteiger partial charge >= 0.3 is 0 Å². The predicted octanol–water partition coefficient (Wildman–Crippen LogP) is 3.57. The Morgan fingerprint density at radius 2 is 1.81 bits per heavy atom. The van der Waals surface area contributed by atoms with Crippen molar-refractivity contribution in [1.82, 2.24) is 0 Å². The Kier molecular flexibility index (Phi) is 3.66. The number of carbonyl (C=O) groups excluding carboxylic acids is 1. The number of carbonyl (C=O) groups is 1. The lowest BCUT2D eigenvalue weighted by atomic mass is 9.77. The number of piperidine rings is 1. The Bertz CT molecular complexity index is 555. The first-order chi connectivity index (χ1) is 10.1. The second-order valence-electron chi connectivity index (χ2n) is 6.32. The summed E-state index contributed by atoms with van der Waals surface area (Å²) in [6.45, 7) is 1.75. The van der Waals surface area contributed by atoms with Gasteiger partial charge in [-0.15, -0.1) is 0 Å². The number of rotatable bonds is 3. The molecule has 0 bridgehead atoms. The van der Waals surface area contributed by atoms with E-state index in [9.17, 15) is 14.9 Å². The van der Waals surface area contributed by atoms with Gasteiger partial charge in [0.15, 0.2) is 0 Å². The number of anilines is 1. The Balaban J connectivity index is 1.81. The van der Waals surface area contributed by atoms with Crippen molar-refractivity contribution in [2.24, 2.45) is 5.41 Å². The highest BCUT2D eigenvalue weighted by Gasteiger charge is 2.37. The van der Waals surface area contributed by atoms with Crippen molar-refractivity contribution < 1.29 is 9.72 Å². The minimum Gasteiger partial charge on any atom is -0.366 e. The molecule has 1 heterocycles. The highest BCUT2D eigenvalue weighted by Crippen LogP contribution is 2.47. The molecule has 2 fully saturated rings. The molecule has 112 valence electrons. The van der Waals surface area contributed by atoms with Gasteiger partial charge in [0.05, 0.1) is 4.92 Å². The van der Waals surface area contributed by atoms with Gasteiger partial charge < -0.3 is 4.90 Å². The zero-order valence-corrected chi connectivity index (χ0v) is 12.1. The molecule has 3 rings (SSSR count). The fraction of sp³-hybridized carbons (Fsp3) is 0.562. The third-order valence-corrected chi connectivity index (χ3v) is 5.16. The number of nitro groups is 1. The van der Waals surface area contributed by atoms with Gasteiger partial charge in [-0.1, -0.05) is 12.8 Å². The van der Waals surface area contributed by atoms with E-state index in [1.165, 1.54) is 31.7 Å². The van der Waals surface area contributed by atoms with E-state index in [-0.39, 0.29) is 10.6 Å². The van der Waals surface area contributed by atoms with Crippen LogP contribution in [0.5, 0.6) is 0 Å². The summed E-state index contributed by atoms with van der Waals surface area (Å²) >= 11 is 0. The number of aldehydes is 1. The van der Waals surface area contributed by atoms with Crippen molar-refractivity contribution in [2.75, 3.05) is 18.0 Å². The lowest BCUT2D eigenvalue weighted by Gasteiger charge is -2.40. The summed E-state index contributed by atoms with van der Waals surface area (Å²) in [7, 11) is 0. The van der Waals surface area contributed by atoms with Crippen LogP contribution < -0.4 is 4.90 Å². The molecule has 1 spiro atoms. The summed E-state index contributed by atoms with van der Waals surface area (Å²) in [6.07, 6.45) is 8.18. The molecule has 1 aromatic rings. The molecule has 2 aliphatic rings. The number of nitrogens with zero attached hydrogens (tertiary/aromatic N) is 2. The maximum atomic E-state index is 11.2. The minimum absolute atomic E-state index is 0.0435. The molecule has 0 N–H and O–H groups in total. The molecule has 1 saturated carbocycles. The topological polar surface area (TPSA) is 63.5 Å². The van der Waals surface area contributed by atoms with Crippen LogP contribution in [0.25, 0.3) is 0 Å². The first-order valence-electron chi connectivity index (χ1n) is 7.62. The average molecular weight is 288 g/mol. The fourth-order valence-corrected chi connectivity index (χ4v) is 3.87. The maximum Gasteiger partial charge on any atom is 0.293 e. The van der Waals surface area contributed by atoms with Crippen LogP contribution in [0.1, 0.15) is 48.9 Å². The highest BCUT2D eigenvalue weighted by atomic mass is 16.6. The van der Waals surface area contributed by atoms with Crippen molar-refractivity contribution in [1.29, 1.82) is 0 Å². The summed E-state index contributed by atoms with van der Waals surface area (Å²) in [5.41, 5.74) is 1.55. The van der Waals surface area contributed by atoms with Crippen LogP contribution in [0.2, 0.25) is 0 Å². The number of benzene rings is 1. The second kappa shape index (κ2) is 5.47. The monoisotopic (exact) mass is 288 g/mol. The Labute approximate surface area is 124 Å². The summed E-state index contributed by atoms with van der Waals surface area (Å²) in [4.78, 5) is 23.8. The molecule has 1 aliphatic carbocycles. The molecular formula is C16H20N2O3. The van der Waals surface area contributed by atoms with E-state index in [0.717, 1.165) is 25.9 Å². The van der Waals surface area contributed by atoms with Crippen molar-refractivity contribution >= 4 is 17.7 Å². The molecule has 5 heteroatoms. The van der Waals surface area contributed by atoms with E-state index in [1.54, 1.807) is 12.1 Å². The van der Waals surface area contributed by atoms with Crippen molar-refractivity contribution in [3.05, 3.63) is 33.9 Å². The zero-order chi connectivity index (χ0) is 14.9. The normalized spacial score (nSPS) is 20.7. The van der Waals surface area contributed by atoms with Gasteiger partial charge in [0.25, 0.3) is 5.69 Å². The van der Waals surface area contributed by atoms with Gasteiger partial charge in [-0.3, -0.25) is 14.9 Å². The lowest BCUT2D eigenvalue weighted by Crippen LogP contribution is -2.39. The second-order valence-corrected chi connectivity index (χ2v) is 6.32. The Morgan fingerprint density at radius 3 is 2.38 bits per heavy atom. The summed E-state index contributed by atoms with van der Waals surface area (Å²) in [5, 5.41) is 11.2. The molecule has 0 amide bonds. The minimum atomic E-state index is -0.387. The summed E-state index contributed by atoms with van der Waals surface area (Å²) in [5.74, 6) is 0. The fourth-order valence-electron chi connectivity index (χ4n) is 3.87. The summed E-state index contributed by atoms with van der Waals surface area (Å²) in [6, 6.07) is 4.76. The first kappa shape index (κ1) is 14.0. The average Bonchev–Trinajstić information content (AvgIpc) is 2.96. The van der Waals surface area contributed by atoms with Crippen LogP contribution in [-0.2, 0) is 0 Å². The molecule has 1 saturated heterocycles. The van der Waals surface area contributed by atoms with Crippen LogP contribution in [-0.4, -0.2) is 24.3 Å². The highest BCUT2D eigenvalue weighted by molar-refractivity contribution is 5.79. The SMILES string of the molecule is O=Cc1ccc(N2CCC3(CCCC3)CC2)c([N+](=O)[O-])c1. The summed E-state index contributed by atoms with van der Waals surface area (Å²) < 4.78 is 0. The van der Waals surface area contributed by atoms with Gasteiger partial charge in [0.1, 0.15) is 12.0 Å². The van der Waals surface area contributed by atoms with Crippen LogP contribution in [0.3, 0.4) is 0 Å².